The third-order valence-electron chi connectivity index (χ3n) is 5.12. The molecule has 0 bridgehead atoms. The zero-order chi connectivity index (χ0) is 20.6. The van der Waals surface area contributed by atoms with Crippen LogP contribution in [0.4, 0.5) is 10.1 Å². The Labute approximate surface area is 195 Å². The molecule has 30 heavy (non-hydrogen) atoms. The van der Waals surface area contributed by atoms with Crippen LogP contribution in [0.5, 0.6) is 0 Å². The summed E-state index contributed by atoms with van der Waals surface area (Å²) in [5.74, 6) is 0.267. The minimum absolute atomic E-state index is 0. The molecule has 1 fully saturated rings. The van der Waals surface area contributed by atoms with Crippen LogP contribution in [0, 0.1) is 17.1 Å². The molecule has 0 radical (unpaired) electrons. The van der Waals surface area contributed by atoms with Crippen molar-refractivity contribution in [1.82, 2.24) is 10.6 Å². The van der Waals surface area contributed by atoms with Crippen molar-refractivity contribution in [2.45, 2.75) is 39.3 Å². The average Bonchev–Trinajstić information content (AvgIpc) is 3.28. The summed E-state index contributed by atoms with van der Waals surface area (Å²) in [5, 5.41) is 15.6. The van der Waals surface area contributed by atoms with Gasteiger partial charge in [-0.3, -0.25) is 0 Å². The first kappa shape index (κ1) is 23.9. The molecule has 7 heteroatoms. The zero-order valence-electron chi connectivity index (χ0n) is 17.5. The van der Waals surface area contributed by atoms with Gasteiger partial charge in [0.15, 0.2) is 5.96 Å². The Bertz CT molecular complexity index is 903. The number of hydrogen-bond acceptors (Lipinski definition) is 3. The molecule has 2 aromatic carbocycles. The van der Waals surface area contributed by atoms with Crippen LogP contribution in [-0.2, 0) is 6.54 Å². The third kappa shape index (κ3) is 6.33. The largest absolute Gasteiger partial charge is 0.372 e. The number of rotatable bonds is 6. The maximum atomic E-state index is 14.0. The highest BCUT2D eigenvalue weighted by molar-refractivity contribution is 14.0. The molecule has 1 unspecified atom stereocenters. The summed E-state index contributed by atoms with van der Waals surface area (Å²) >= 11 is 0. The summed E-state index contributed by atoms with van der Waals surface area (Å²) in [5.41, 5.74) is 3.27. The number of nitrogens with zero attached hydrogens (tertiary/aromatic N) is 3. The summed E-state index contributed by atoms with van der Waals surface area (Å²) in [6, 6.07) is 15.0. The second-order valence-electron chi connectivity index (χ2n) is 7.27. The molecule has 0 amide bonds. The van der Waals surface area contributed by atoms with E-state index in [1.54, 1.807) is 6.07 Å². The quantitative estimate of drug-likeness (QED) is 0.328. The second-order valence-corrected chi connectivity index (χ2v) is 7.27. The van der Waals surface area contributed by atoms with Gasteiger partial charge in [0.05, 0.1) is 24.2 Å². The van der Waals surface area contributed by atoms with Crippen molar-refractivity contribution in [1.29, 1.82) is 5.26 Å². The van der Waals surface area contributed by atoms with E-state index in [4.69, 9.17) is 5.26 Å². The van der Waals surface area contributed by atoms with Gasteiger partial charge in [-0.15, -0.1) is 24.0 Å². The molecule has 2 aromatic rings. The van der Waals surface area contributed by atoms with Crippen LogP contribution in [0.1, 0.15) is 49.4 Å². The molecule has 1 atom stereocenters. The van der Waals surface area contributed by atoms with E-state index in [1.807, 2.05) is 13.0 Å². The van der Waals surface area contributed by atoms with Gasteiger partial charge in [-0.25, -0.2) is 9.38 Å². The molecule has 3 rings (SSSR count). The molecule has 2 N–H and O–H groups in total. The van der Waals surface area contributed by atoms with Gasteiger partial charge in [-0.05, 0) is 62.6 Å². The monoisotopic (exact) mass is 521 g/mol. The molecule has 1 aliphatic rings. The highest BCUT2D eigenvalue weighted by Crippen LogP contribution is 2.24. The Morgan fingerprint density at radius 2 is 2.00 bits per heavy atom. The summed E-state index contributed by atoms with van der Waals surface area (Å²) in [7, 11) is 0. The van der Waals surface area contributed by atoms with Crippen LogP contribution in [0.2, 0.25) is 0 Å². The molecule has 0 saturated carbocycles. The van der Waals surface area contributed by atoms with E-state index < -0.39 is 0 Å². The average molecular weight is 521 g/mol. The Hall–Kier alpha value is -2.34. The smallest absolute Gasteiger partial charge is 0.192 e. The van der Waals surface area contributed by atoms with Crippen molar-refractivity contribution < 1.29 is 4.39 Å². The van der Waals surface area contributed by atoms with Crippen LogP contribution >= 0.6 is 24.0 Å². The van der Waals surface area contributed by atoms with Gasteiger partial charge in [0, 0.05) is 30.9 Å². The lowest BCUT2D eigenvalue weighted by atomic mass is 10.1. The molecule has 0 aliphatic carbocycles. The lowest BCUT2D eigenvalue weighted by molar-refractivity contribution is 0.609. The topological polar surface area (TPSA) is 63.5 Å². The van der Waals surface area contributed by atoms with Gasteiger partial charge in [0.2, 0.25) is 0 Å². The van der Waals surface area contributed by atoms with Crippen LogP contribution in [0.15, 0.2) is 47.5 Å². The summed E-state index contributed by atoms with van der Waals surface area (Å²) in [6.45, 7) is 7.18. The summed E-state index contributed by atoms with van der Waals surface area (Å²) in [6.07, 6.45) is 2.50. The van der Waals surface area contributed by atoms with Crippen LogP contribution in [0.25, 0.3) is 0 Å². The van der Waals surface area contributed by atoms with Crippen LogP contribution < -0.4 is 15.5 Å². The van der Waals surface area contributed by atoms with E-state index in [0.29, 0.717) is 23.6 Å². The summed E-state index contributed by atoms with van der Waals surface area (Å²) in [4.78, 5) is 6.94. The van der Waals surface area contributed by atoms with E-state index in [9.17, 15) is 4.39 Å². The fourth-order valence-electron chi connectivity index (χ4n) is 3.50. The fourth-order valence-corrected chi connectivity index (χ4v) is 3.50. The third-order valence-corrected chi connectivity index (χ3v) is 5.12. The van der Waals surface area contributed by atoms with E-state index in [1.165, 1.54) is 36.2 Å². The molecule has 1 aliphatic heterocycles. The molecule has 1 saturated heterocycles. The van der Waals surface area contributed by atoms with Crippen molar-refractivity contribution in [2.24, 2.45) is 4.99 Å². The van der Waals surface area contributed by atoms with Crippen molar-refractivity contribution in [3.63, 3.8) is 0 Å². The van der Waals surface area contributed by atoms with Gasteiger partial charge in [-0.1, -0.05) is 12.1 Å². The number of nitriles is 1. The Morgan fingerprint density at radius 3 is 2.70 bits per heavy atom. The van der Waals surface area contributed by atoms with Gasteiger partial charge in [0.25, 0.3) is 0 Å². The first-order valence-corrected chi connectivity index (χ1v) is 10.2. The van der Waals surface area contributed by atoms with E-state index in [-0.39, 0.29) is 42.4 Å². The number of halogens is 2. The SMILES string of the molecule is CCNC(=NCc1cc(C#N)ccc1F)NC(C)c1cccc(N2CCCC2)c1.I. The molecular formula is C23H29FIN5. The fraction of sp³-hybridized carbons (Fsp3) is 0.391. The highest BCUT2D eigenvalue weighted by Gasteiger charge is 2.14. The number of hydrogen-bond donors (Lipinski definition) is 2. The summed E-state index contributed by atoms with van der Waals surface area (Å²) < 4.78 is 14.0. The van der Waals surface area contributed by atoms with Gasteiger partial charge in [0.1, 0.15) is 5.82 Å². The van der Waals surface area contributed by atoms with E-state index in [0.717, 1.165) is 13.1 Å². The van der Waals surface area contributed by atoms with Gasteiger partial charge < -0.3 is 15.5 Å². The molecule has 0 aromatic heterocycles. The molecule has 5 nitrogen and oxygen atoms in total. The van der Waals surface area contributed by atoms with Crippen molar-refractivity contribution in [3.8, 4) is 6.07 Å². The van der Waals surface area contributed by atoms with Gasteiger partial charge in [-0.2, -0.15) is 5.26 Å². The number of aliphatic imine (C=N–C) groups is 1. The van der Waals surface area contributed by atoms with Crippen LogP contribution in [0.3, 0.4) is 0 Å². The minimum Gasteiger partial charge on any atom is -0.372 e. The van der Waals surface area contributed by atoms with Crippen molar-refractivity contribution >= 4 is 35.6 Å². The number of guanidine groups is 1. The lowest BCUT2D eigenvalue weighted by Crippen LogP contribution is -2.38. The maximum absolute atomic E-state index is 14.0. The predicted octanol–water partition coefficient (Wildman–Crippen LogP) is 4.73. The van der Waals surface area contributed by atoms with Crippen molar-refractivity contribution in [3.05, 3.63) is 65.0 Å². The number of nitrogens with one attached hydrogen (secondary N) is 2. The molecule has 1 heterocycles. The standard InChI is InChI=1S/C23H28FN5.HI/c1-3-26-23(27-16-20-13-18(15-25)9-10-22(20)24)28-17(2)19-7-6-8-21(14-19)29-11-4-5-12-29;/h6-10,13-14,17H,3-5,11-12,16H2,1-2H3,(H2,26,27,28);1H. The normalized spacial score (nSPS) is 14.6. The lowest BCUT2D eigenvalue weighted by Gasteiger charge is -2.22. The minimum atomic E-state index is -0.352. The van der Waals surface area contributed by atoms with E-state index in [2.05, 4.69) is 51.7 Å². The molecular weight excluding hydrogens is 492 g/mol. The van der Waals surface area contributed by atoms with Crippen LogP contribution in [-0.4, -0.2) is 25.6 Å². The van der Waals surface area contributed by atoms with E-state index >= 15 is 0 Å². The second kappa shape index (κ2) is 11.7. The molecule has 0 spiro atoms. The zero-order valence-corrected chi connectivity index (χ0v) is 19.8. The Morgan fingerprint density at radius 1 is 1.23 bits per heavy atom. The van der Waals surface area contributed by atoms with Crippen molar-refractivity contribution in [2.75, 3.05) is 24.5 Å². The Kier molecular flexibility index (Phi) is 9.37. The van der Waals surface area contributed by atoms with Gasteiger partial charge >= 0.3 is 0 Å². The number of benzene rings is 2. The maximum Gasteiger partial charge on any atom is 0.192 e. The predicted molar refractivity (Wildman–Crippen MR) is 131 cm³/mol. The Balaban J connectivity index is 0.00000320. The first-order valence-electron chi connectivity index (χ1n) is 10.2. The molecule has 160 valence electrons. The number of anilines is 1. The highest BCUT2D eigenvalue weighted by atomic mass is 127. The first-order chi connectivity index (χ1) is 14.1.